The summed E-state index contributed by atoms with van der Waals surface area (Å²) in [6.45, 7) is 14.1. The van der Waals surface area contributed by atoms with Gasteiger partial charge in [-0.1, -0.05) is 48.5 Å². The molecule has 7 fully saturated rings. The molecule has 0 aromatic heterocycles. The van der Waals surface area contributed by atoms with Crippen LogP contribution in [0.15, 0.2) is 0 Å². The lowest BCUT2D eigenvalue weighted by atomic mass is 9.31. The van der Waals surface area contributed by atoms with Crippen molar-refractivity contribution in [1.82, 2.24) is 0 Å². The van der Waals surface area contributed by atoms with E-state index >= 15 is 0 Å². The van der Waals surface area contributed by atoms with E-state index in [9.17, 15) is 51.1 Å². The zero-order valence-electron chi connectivity index (χ0n) is 32.9. The summed E-state index contributed by atoms with van der Waals surface area (Å²) in [5, 5.41) is 109. The Bertz CT molecular complexity index is 1360. The Morgan fingerprint density at radius 2 is 1.30 bits per heavy atom. The Hall–Kier alpha value is -0.560. The molecule has 22 atom stereocenters. The normalized spacial score (nSPS) is 58.3. The van der Waals surface area contributed by atoms with Crippen molar-refractivity contribution in [3.63, 3.8) is 0 Å². The quantitative estimate of drug-likeness (QED) is 0.166. The number of aliphatic hydroxyl groups excluding tert-OH is 10. The van der Waals surface area contributed by atoms with Crippen LogP contribution in [-0.2, 0) is 18.9 Å². The average Bonchev–Trinajstić information content (AvgIpc) is 3.09. The summed E-state index contributed by atoms with van der Waals surface area (Å²) >= 11 is 0. The number of hydrogen-bond donors (Lipinski definition) is 10. The molecule has 0 amide bonds. The van der Waals surface area contributed by atoms with E-state index in [1.165, 1.54) is 0 Å². The predicted octanol–water partition coefficient (Wildman–Crippen LogP) is 0.0294. The van der Waals surface area contributed by atoms with Crippen LogP contribution >= 0.6 is 0 Å². The summed E-state index contributed by atoms with van der Waals surface area (Å²) in [6.07, 6.45) is -12.1. The first-order chi connectivity index (χ1) is 25.1. The zero-order chi connectivity index (χ0) is 39.7. The van der Waals surface area contributed by atoms with Crippen molar-refractivity contribution < 1.29 is 70.0 Å². The van der Waals surface area contributed by atoms with E-state index in [1.807, 2.05) is 13.8 Å². The van der Waals surface area contributed by atoms with Crippen molar-refractivity contribution in [2.45, 2.75) is 179 Å². The molecule has 0 spiro atoms. The Kier molecular flexibility index (Phi) is 10.8. The highest BCUT2D eigenvalue weighted by Crippen LogP contribution is 2.76. The van der Waals surface area contributed by atoms with Crippen molar-refractivity contribution in [2.75, 3.05) is 13.2 Å². The molecular weight excluding hydrogens is 704 g/mol. The maximum atomic E-state index is 12.2. The van der Waals surface area contributed by atoms with Gasteiger partial charge in [0.05, 0.1) is 43.7 Å². The third-order valence-corrected chi connectivity index (χ3v) is 17.2. The summed E-state index contributed by atoms with van der Waals surface area (Å²) in [5.41, 5.74) is -2.49. The van der Waals surface area contributed by atoms with Crippen molar-refractivity contribution in [3.8, 4) is 0 Å². The third kappa shape index (κ3) is 5.94. The monoisotopic (exact) mass is 772 g/mol. The van der Waals surface area contributed by atoms with Crippen LogP contribution in [0.1, 0.15) is 93.4 Å². The van der Waals surface area contributed by atoms with Crippen molar-refractivity contribution in [3.05, 3.63) is 0 Å². The first-order valence-corrected chi connectivity index (χ1v) is 20.4. The molecule has 5 aliphatic carbocycles. The predicted molar refractivity (Wildman–Crippen MR) is 191 cm³/mol. The second-order valence-corrected chi connectivity index (χ2v) is 20.4. The first-order valence-electron chi connectivity index (χ1n) is 20.4. The molecule has 14 nitrogen and oxygen atoms in total. The van der Waals surface area contributed by atoms with E-state index in [4.69, 9.17) is 18.9 Å². The van der Waals surface area contributed by atoms with E-state index in [-0.39, 0.29) is 41.6 Å². The van der Waals surface area contributed by atoms with E-state index < -0.39 is 114 Å². The molecular formula is C40H68O14. The van der Waals surface area contributed by atoms with Gasteiger partial charge >= 0.3 is 0 Å². The van der Waals surface area contributed by atoms with Gasteiger partial charge in [0.1, 0.15) is 42.7 Å². The third-order valence-electron chi connectivity index (χ3n) is 17.2. The van der Waals surface area contributed by atoms with Crippen LogP contribution in [0.2, 0.25) is 0 Å². The second kappa shape index (κ2) is 14.0. The maximum Gasteiger partial charge on any atom is 0.187 e. The molecule has 312 valence electrons. The van der Waals surface area contributed by atoms with Crippen molar-refractivity contribution >= 4 is 0 Å². The Balaban J connectivity index is 1.27. The minimum Gasteiger partial charge on any atom is -0.394 e. The molecule has 2 saturated heterocycles. The van der Waals surface area contributed by atoms with Crippen LogP contribution in [0.3, 0.4) is 0 Å². The largest absolute Gasteiger partial charge is 0.394 e. The van der Waals surface area contributed by atoms with E-state index in [1.54, 1.807) is 0 Å². The molecule has 0 aromatic carbocycles. The number of rotatable bonds is 5. The maximum absolute atomic E-state index is 12.2. The minimum atomic E-state index is -1.64. The van der Waals surface area contributed by atoms with Gasteiger partial charge in [0.25, 0.3) is 0 Å². The zero-order valence-corrected chi connectivity index (χ0v) is 32.9. The summed E-state index contributed by atoms with van der Waals surface area (Å²) in [4.78, 5) is 0. The molecule has 22 unspecified atom stereocenters. The molecule has 0 radical (unpaired) electrons. The highest BCUT2D eigenvalue weighted by atomic mass is 16.7. The van der Waals surface area contributed by atoms with E-state index in [0.29, 0.717) is 25.7 Å². The highest BCUT2D eigenvalue weighted by Gasteiger charge is 2.73. The van der Waals surface area contributed by atoms with Crippen LogP contribution in [0, 0.1) is 56.7 Å². The molecule has 5 saturated carbocycles. The molecule has 2 heterocycles. The van der Waals surface area contributed by atoms with E-state index in [2.05, 4.69) is 34.6 Å². The smallest absolute Gasteiger partial charge is 0.187 e. The van der Waals surface area contributed by atoms with Crippen LogP contribution in [0.5, 0.6) is 0 Å². The van der Waals surface area contributed by atoms with Gasteiger partial charge < -0.3 is 70.0 Å². The molecule has 54 heavy (non-hydrogen) atoms. The van der Waals surface area contributed by atoms with Crippen molar-refractivity contribution in [1.29, 1.82) is 0 Å². The van der Waals surface area contributed by atoms with Gasteiger partial charge in [0.2, 0.25) is 0 Å². The highest BCUT2D eigenvalue weighted by molar-refractivity contribution is 5.21. The lowest BCUT2D eigenvalue weighted by Gasteiger charge is -2.74. The van der Waals surface area contributed by atoms with Gasteiger partial charge in [-0.2, -0.15) is 0 Å². The molecule has 0 bridgehead atoms. The lowest BCUT2D eigenvalue weighted by molar-refractivity contribution is -0.349. The molecule has 7 aliphatic rings. The Morgan fingerprint density at radius 3 is 1.96 bits per heavy atom. The van der Waals surface area contributed by atoms with Crippen LogP contribution < -0.4 is 0 Å². The number of aliphatic hydroxyl groups is 10. The van der Waals surface area contributed by atoms with Crippen LogP contribution in [0.4, 0.5) is 0 Å². The van der Waals surface area contributed by atoms with Gasteiger partial charge in [-0.25, -0.2) is 0 Å². The topological polar surface area (TPSA) is 239 Å². The van der Waals surface area contributed by atoms with Crippen LogP contribution in [0.25, 0.3) is 0 Å². The van der Waals surface area contributed by atoms with Crippen molar-refractivity contribution in [2.24, 2.45) is 56.7 Å². The summed E-state index contributed by atoms with van der Waals surface area (Å²) in [7, 11) is 0. The summed E-state index contributed by atoms with van der Waals surface area (Å²) in [5.74, 6) is -0.283. The van der Waals surface area contributed by atoms with Gasteiger partial charge in [-0.3, -0.25) is 0 Å². The SMILES string of the molecule is CC1(C)C(O)C(OC2OC(CO)C(O)C(O)C2O)CC2C1C(OC1OCC(O)C(O)C1O)CC1(C)C2CCC2C3(C)CCC(O)C(C)(C)C3C(O)CC21C. The number of hydrogen-bond acceptors (Lipinski definition) is 14. The molecule has 7 rings (SSSR count). The minimum absolute atomic E-state index is 0.0652. The average molecular weight is 773 g/mol. The van der Waals surface area contributed by atoms with Crippen LogP contribution in [-0.4, -0.2) is 150 Å². The standard InChI is InChI=1S/C40H68O14/c1-36(2)25(44)10-11-38(5)24-9-8-18-17-12-21(52-35-31(49)29(47)28(46)23(15-41)54-35)33(50)37(3,4)26(17)22(53-34-30(48)27(45)20(43)16-51-34)14-39(18,6)40(24,7)13-19(42)32(36)38/h17-35,41-50H,8-16H2,1-7H3. The first kappa shape index (κ1) is 41.6. The Labute approximate surface area is 318 Å². The van der Waals surface area contributed by atoms with Gasteiger partial charge in [0.15, 0.2) is 12.6 Å². The number of fused-ring (bicyclic) bond motifs is 7. The second-order valence-electron chi connectivity index (χ2n) is 20.4. The summed E-state index contributed by atoms with van der Waals surface area (Å²) < 4.78 is 24.7. The fourth-order valence-corrected chi connectivity index (χ4v) is 14.4. The summed E-state index contributed by atoms with van der Waals surface area (Å²) in [6, 6.07) is 0. The fraction of sp³-hybridized carbons (Fsp3) is 1.00. The van der Waals surface area contributed by atoms with E-state index in [0.717, 1.165) is 19.3 Å². The molecule has 14 heteroatoms. The fourth-order valence-electron chi connectivity index (χ4n) is 14.4. The molecule has 10 N–H and O–H groups in total. The molecule has 0 aromatic rings. The molecule has 2 aliphatic heterocycles. The Morgan fingerprint density at radius 1 is 0.648 bits per heavy atom. The lowest BCUT2D eigenvalue weighted by Crippen LogP contribution is -2.72. The van der Waals surface area contributed by atoms with Gasteiger partial charge in [0, 0.05) is 0 Å². The van der Waals surface area contributed by atoms with Gasteiger partial charge in [-0.15, -0.1) is 0 Å². The van der Waals surface area contributed by atoms with Gasteiger partial charge in [-0.05, 0) is 102 Å². The number of ether oxygens (including phenoxy) is 4.